The topological polar surface area (TPSA) is 100 Å². The quantitative estimate of drug-likeness (QED) is 0.262. The third-order valence-electron chi connectivity index (χ3n) is 6.88. The maximum absolute atomic E-state index is 13.8. The maximum atomic E-state index is 13.8. The SMILES string of the molecule is CCOC(=O)N1CCN(S(=O)(=O)c2ccc(C(=O)N(Cc3ccccc3)c3nc4c(C(F)(F)F)cccc4s3)cc2)CC1. The van der Waals surface area contributed by atoms with E-state index in [0.717, 1.165) is 23.0 Å². The van der Waals surface area contributed by atoms with Crippen molar-refractivity contribution in [3.63, 3.8) is 0 Å². The molecule has 1 aliphatic heterocycles. The lowest BCUT2D eigenvalue weighted by Gasteiger charge is -2.33. The smallest absolute Gasteiger partial charge is 0.418 e. The molecule has 0 radical (unpaired) electrons. The summed E-state index contributed by atoms with van der Waals surface area (Å²) in [6.07, 6.45) is -5.11. The van der Waals surface area contributed by atoms with Gasteiger partial charge in [-0.2, -0.15) is 17.5 Å². The molecule has 5 rings (SSSR count). The van der Waals surface area contributed by atoms with E-state index in [1.165, 1.54) is 50.5 Å². The fourth-order valence-corrected chi connectivity index (χ4v) is 7.09. The molecule has 0 bridgehead atoms. The van der Waals surface area contributed by atoms with Crippen molar-refractivity contribution in [2.45, 2.75) is 24.5 Å². The van der Waals surface area contributed by atoms with Crippen LogP contribution in [-0.2, 0) is 27.5 Å². The standard InChI is InChI=1S/C29H27F3N4O5S2/c1-2-41-28(38)34-15-17-35(18-16-34)43(39,40)22-13-11-21(12-14-22)26(37)36(19-20-7-4-3-5-8-20)27-33-25-23(29(30,31)32)9-6-10-24(25)42-27/h3-14H,2,15-19H2,1H3. The van der Waals surface area contributed by atoms with Gasteiger partial charge in [-0.1, -0.05) is 47.7 Å². The zero-order chi connectivity index (χ0) is 30.8. The van der Waals surface area contributed by atoms with Crippen LogP contribution in [0.4, 0.5) is 23.1 Å². The molecule has 43 heavy (non-hydrogen) atoms. The number of nitrogens with zero attached hydrogens (tertiary/aromatic N) is 4. The van der Waals surface area contributed by atoms with Crippen LogP contribution >= 0.6 is 11.3 Å². The number of anilines is 1. The van der Waals surface area contributed by atoms with Crippen LogP contribution in [0.3, 0.4) is 0 Å². The molecule has 1 aliphatic rings. The number of alkyl halides is 3. The number of piperazine rings is 1. The number of carbonyl (C=O) groups excluding carboxylic acids is 2. The fourth-order valence-electron chi connectivity index (χ4n) is 4.67. The number of aromatic nitrogens is 1. The zero-order valence-electron chi connectivity index (χ0n) is 23.0. The maximum Gasteiger partial charge on any atom is 0.418 e. The Morgan fingerprint density at radius 3 is 2.26 bits per heavy atom. The average Bonchev–Trinajstić information content (AvgIpc) is 3.44. The third-order valence-corrected chi connectivity index (χ3v) is 9.83. The fraction of sp³-hybridized carbons (Fsp3) is 0.276. The summed E-state index contributed by atoms with van der Waals surface area (Å²) in [5.74, 6) is -0.552. The van der Waals surface area contributed by atoms with Crippen LogP contribution in [0.15, 0.2) is 77.7 Å². The van der Waals surface area contributed by atoms with Gasteiger partial charge in [0, 0.05) is 31.7 Å². The molecule has 4 aromatic rings. The lowest BCUT2D eigenvalue weighted by atomic mass is 10.1. The van der Waals surface area contributed by atoms with Crippen molar-refractivity contribution in [3.05, 3.63) is 89.5 Å². The van der Waals surface area contributed by atoms with E-state index in [9.17, 15) is 31.2 Å². The Kier molecular flexibility index (Phi) is 8.71. The number of hydrogen-bond acceptors (Lipinski definition) is 7. The minimum atomic E-state index is -4.62. The van der Waals surface area contributed by atoms with E-state index in [1.54, 1.807) is 37.3 Å². The molecule has 1 fully saturated rings. The largest absolute Gasteiger partial charge is 0.450 e. The average molecular weight is 633 g/mol. The summed E-state index contributed by atoms with van der Waals surface area (Å²) in [6, 6.07) is 18.1. The van der Waals surface area contributed by atoms with E-state index in [-0.39, 0.29) is 65.1 Å². The first-order chi connectivity index (χ1) is 20.5. The lowest BCUT2D eigenvalue weighted by Crippen LogP contribution is -2.50. The Labute approximate surface area is 250 Å². The Hall–Kier alpha value is -4.01. The second-order valence-electron chi connectivity index (χ2n) is 9.64. The summed E-state index contributed by atoms with van der Waals surface area (Å²) in [5.41, 5.74) is -0.271. The Morgan fingerprint density at radius 1 is 0.953 bits per heavy atom. The number of carbonyl (C=O) groups is 2. The van der Waals surface area contributed by atoms with Gasteiger partial charge in [0.2, 0.25) is 10.0 Å². The van der Waals surface area contributed by atoms with E-state index in [2.05, 4.69) is 4.98 Å². The minimum absolute atomic E-state index is 0.0296. The molecular weight excluding hydrogens is 605 g/mol. The summed E-state index contributed by atoms with van der Waals surface area (Å²) in [6.45, 7) is 2.48. The highest BCUT2D eigenvalue weighted by Crippen LogP contribution is 2.39. The monoisotopic (exact) mass is 632 g/mol. The number of sulfonamides is 1. The third kappa shape index (κ3) is 6.50. The van der Waals surface area contributed by atoms with Gasteiger partial charge >= 0.3 is 12.3 Å². The summed E-state index contributed by atoms with van der Waals surface area (Å²) in [4.78, 5) is 32.7. The van der Waals surface area contributed by atoms with Gasteiger partial charge in [-0.25, -0.2) is 18.2 Å². The first-order valence-electron chi connectivity index (χ1n) is 13.3. The molecule has 0 saturated carbocycles. The molecule has 226 valence electrons. The number of fused-ring (bicyclic) bond motifs is 1. The minimum Gasteiger partial charge on any atom is -0.450 e. The van der Waals surface area contributed by atoms with Crippen molar-refractivity contribution in [1.82, 2.24) is 14.2 Å². The van der Waals surface area contributed by atoms with Crippen LogP contribution in [0.25, 0.3) is 10.2 Å². The molecule has 0 spiro atoms. The molecule has 0 unspecified atom stereocenters. The molecule has 2 heterocycles. The second-order valence-corrected chi connectivity index (χ2v) is 12.6. The van der Waals surface area contributed by atoms with Gasteiger partial charge in [0.05, 0.1) is 33.8 Å². The van der Waals surface area contributed by atoms with Gasteiger partial charge in [0.15, 0.2) is 5.13 Å². The van der Waals surface area contributed by atoms with Gasteiger partial charge in [0.1, 0.15) is 0 Å². The van der Waals surface area contributed by atoms with E-state index in [1.807, 2.05) is 0 Å². The zero-order valence-corrected chi connectivity index (χ0v) is 24.6. The van der Waals surface area contributed by atoms with Crippen molar-refractivity contribution < 1.29 is 35.9 Å². The number of para-hydroxylation sites is 1. The Morgan fingerprint density at radius 2 is 1.63 bits per heavy atom. The first-order valence-corrected chi connectivity index (χ1v) is 15.6. The van der Waals surface area contributed by atoms with Gasteiger partial charge in [0.25, 0.3) is 5.91 Å². The number of thiazole rings is 1. The van der Waals surface area contributed by atoms with Crippen LogP contribution in [-0.4, -0.2) is 67.4 Å². The molecule has 14 heteroatoms. The molecular formula is C29H27F3N4O5S2. The van der Waals surface area contributed by atoms with Crippen molar-refractivity contribution in [2.75, 3.05) is 37.7 Å². The van der Waals surface area contributed by atoms with Gasteiger partial charge in [-0.05, 0) is 48.9 Å². The van der Waals surface area contributed by atoms with Crippen LogP contribution in [0.5, 0.6) is 0 Å². The molecule has 0 N–H and O–H groups in total. The molecule has 3 aromatic carbocycles. The number of benzene rings is 3. The van der Waals surface area contributed by atoms with Crippen LogP contribution in [0, 0.1) is 0 Å². The van der Waals surface area contributed by atoms with Crippen LogP contribution in [0.2, 0.25) is 0 Å². The van der Waals surface area contributed by atoms with E-state index in [0.29, 0.717) is 0 Å². The van der Waals surface area contributed by atoms with Crippen molar-refractivity contribution >= 4 is 48.7 Å². The molecule has 0 aliphatic carbocycles. The van der Waals surface area contributed by atoms with E-state index in [4.69, 9.17) is 4.74 Å². The normalized spacial score (nSPS) is 14.6. The summed E-state index contributed by atoms with van der Waals surface area (Å²) < 4.78 is 74.1. The highest BCUT2D eigenvalue weighted by Gasteiger charge is 2.35. The van der Waals surface area contributed by atoms with Gasteiger partial charge in [-0.15, -0.1) is 0 Å². The molecule has 1 aromatic heterocycles. The summed E-state index contributed by atoms with van der Waals surface area (Å²) in [7, 11) is -3.91. The van der Waals surface area contributed by atoms with Gasteiger partial charge in [-0.3, -0.25) is 9.69 Å². The molecule has 1 saturated heterocycles. The molecule has 0 atom stereocenters. The molecule has 2 amide bonds. The van der Waals surface area contributed by atoms with E-state index < -0.39 is 33.8 Å². The molecule has 9 nitrogen and oxygen atoms in total. The Bertz CT molecular complexity index is 1720. The number of halogens is 3. The van der Waals surface area contributed by atoms with Crippen LogP contribution < -0.4 is 4.90 Å². The van der Waals surface area contributed by atoms with E-state index >= 15 is 0 Å². The van der Waals surface area contributed by atoms with Crippen molar-refractivity contribution in [2.24, 2.45) is 0 Å². The van der Waals surface area contributed by atoms with Gasteiger partial charge < -0.3 is 9.64 Å². The highest BCUT2D eigenvalue weighted by molar-refractivity contribution is 7.89. The Balaban J connectivity index is 1.41. The first kappa shape index (κ1) is 30.4. The number of ether oxygens (including phenoxy) is 1. The lowest BCUT2D eigenvalue weighted by molar-refractivity contribution is -0.136. The second kappa shape index (κ2) is 12.3. The van der Waals surface area contributed by atoms with Crippen molar-refractivity contribution in [1.29, 1.82) is 0 Å². The van der Waals surface area contributed by atoms with Crippen molar-refractivity contribution in [3.8, 4) is 0 Å². The van der Waals surface area contributed by atoms with Crippen LogP contribution in [0.1, 0.15) is 28.4 Å². The predicted octanol–water partition coefficient (Wildman–Crippen LogP) is 5.62. The highest BCUT2D eigenvalue weighted by atomic mass is 32.2. The summed E-state index contributed by atoms with van der Waals surface area (Å²) >= 11 is 0.964. The predicted molar refractivity (Wildman–Crippen MR) is 155 cm³/mol. The number of hydrogen-bond donors (Lipinski definition) is 0. The number of amides is 2. The summed E-state index contributed by atoms with van der Waals surface area (Å²) in [5, 5.41) is 0.0803. The number of rotatable bonds is 7.